The molecule has 5 aromatic rings. The molecule has 4 heterocycles. The number of aryl methyl sites for hydroxylation is 1. The molecule has 0 saturated carbocycles. The summed E-state index contributed by atoms with van der Waals surface area (Å²) in [4.78, 5) is 15.8. The molecule has 0 radical (unpaired) electrons. The zero-order valence-corrected chi connectivity index (χ0v) is 17.4. The molecule has 0 aliphatic carbocycles. The second-order valence-corrected chi connectivity index (χ2v) is 7.32. The topological polar surface area (TPSA) is 124 Å². The van der Waals surface area contributed by atoms with E-state index in [1.54, 1.807) is 30.5 Å². The third-order valence-corrected chi connectivity index (χ3v) is 5.25. The highest BCUT2D eigenvalue weighted by Crippen LogP contribution is 2.42. The Kier molecular flexibility index (Phi) is 5.13. The molecular formula is C25H18N4O4. The van der Waals surface area contributed by atoms with Crippen molar-refractivity contribution in [3.63, 3.8) is 0 Å². The molecule has 4 aromatic heterocycles. The zero-order chi connectivity index (χ0) is 22.8. The van der Waals surface area contributed by atoms with E-state index in [2.05, 4.69) is 11.1 Å². The summed E-state index contributed by atoms with van der Waals surface area (Å²) in [5.74, 6) is 1.08. The maximum atomic E-state index is 11.3. The third kappa shape index (κ3) is 3.72. The normalized spacial score (nSPS) is 11.4. The number of rotatable bonds is 7. The maximum absolute atomic E-state index is 11.3. The van der Waals surface area contributed by atoms with E-state index in [1.807, 2.05) is 35.0 Å². The summed E-state index contributed by atoms with van der Waals surface area (Å²) in [6, 6.07) is 16.9. The van der Waals surface area contributed by atoms with E-state index in [0.717, 1.165) is 16.5 Å². The third-order valence-electron chi connectivity index (χ3n) is 5.25. The van der Waals surface area contributed by atoms with Crippen LogP contribution < -0.4 is 5.73 Å². The van der Waals surface area contributed by atoms with Gasteiger partial charge in [-0.25, -0.2) is 4.99 Å². The second-order valence-electron chi connectivity index (χ2n) is 7.32. The molecule has 0 fully saturated rings. The highest BCUT2D eigenvalue weighted by atomic mass is 16.4. The van der Waals surface area contributed by atoms with E-state index in [0.29, 0.717) is 29.4 Å². The lowest BCUT2D eigenvalue weighted by molar-refractivity contribution is -0.118. The van der Waals surface area contributed by atoms with E-state index < -0.39 is 0 Å². The number of hydrogen-bond donors (Lipinski definition) is 1. The smallest absolute Gasteiger partial charge is 0.238 e. The largest absolute Gasteiger partial charge is 0.464 e. The number of carbonyl (C=O) groups is 1. The molecule has 0 bridgehead atoms. The molecule has 0 spiro atoms. The van der Waals surface area contributed by atoms with Crippen LogP contribution in [0.5, 0.6) is 0 Å². The summed E-state index contributed by atoms with van der Waals surface area (Å²) in [5, 5.41) is 10.9. The number of aromatic nitrogens is 1. The quantitative estimate of drug-likeness (QED) is 0.348. The van der Waals surface area contributed by atoms with Crippen LogP contribution in [0.2, 0.25) is 0 Å². The number of furan rings is 3. The molecule has 8 heteroatoms. The van der Waals surface area contributed by atoms with Crippen LogP contribution in [0.3, 0.4) is 0 Å². The van der Waals surface area contributed by atoms with Gasteiger partial charge in [0.05, 0.1) is 18.1 Å². The molecule has 8 nitrogen and oxygen atoms in total. The van der Waals surface area contributed by atoms with Crippen LogP contribution in [0.1, 0.15) is 17.5 Å². The van der Waals surface area contributed by atoms with E-state index >= 15 is 0 Å². The van der Waals surface area contributed by atoms with Crippen molar-refractivity contribution in [2.75, 3.05) is 0 Å². The Labute approximate surface area is 188 Å². The first-order chi connectivity index (χ1) is 16.2. The number of nitrogens with zero attached hydrogens (tertiary/aromatic N) is 3. The van der Waals surface area contributed by atoms with Gasteiger partial charge in [0, 0.05) is 41.8 Å². The van der Waals surface area contributed by atoms with Crippen LogP contribution in [0.15, 0.2) is 85.5 Å². The number of amides is 1. The summed E-state index contributed by atoms with van der Waals surface area (Å²) < 4.78 is 19.0. The molecule has 0 unspecified atom stereocenters. The predicted octanol–water partition coefficient (Wildman–Crippen LogP) is 5.25. The number of hydrogen-bond acceptors (Lipinski definition) is 6. The van der Waals surface area contributed by atoms with Gasteiger partial charge in [0.15, 0.2) is 11.5 Å². The SMILES string of the molecule is N#Cc1c(N=Cc2cn(CCC(N)=O)c3ccccc23)oc(-c2ccco2)c1-c1ccco1. The number of aliphatic imine (C=N–C) groups is 1. The van der Waals surface area contributed by atoms with Gasteiger partial charge in [-0.3, -0.25) is 4.79 Å². The van der Waals surface area contributed by atoms with Gasteiger partial charge in [-0.2, -0.15) is 5.26 Å². The minimum atomic E-state index is -0.367. The fourth-order valence-electron chi connectivity index (χ4n) is 3.77. The molecule has 0 saturated heterocycles. The van der Waals surface area contributed by atoms with Crippen LogP contribution in [-0.2, 0) is 11.3 Å². The molecule has 0 aliphatic heterocycles. The minimum Gasteiger partial charge on any atom is -0.464 e. The molecule has 2 N–H and O–H groups in total. The van der Waals surface area contributed by atoms with Crippen molar-refractivity contribution in [1.82, 2.24) is 4.57 Å². The highest BCUT2D eigenvalue weighted by molar-refractivity contribution is 6.00. The number of nitriles is 1. The Hall–Kier alpha value is -4.77. The van der Waals surface area contributed by atoms with Gasteiger partial charge < -0.3 is 23.6 Å². The molecule has 162 valence electrons. The average molecular weight is 438 g/mol. The number of para-hydroxylation sites is 1. The molecule has 33 heavy (non-hydrogen) atoms. The molecule has 1 aromatic carbocycles. The van der Waals surface area contributed by atoms with Crippen LogP contribution in [0.25, 0.3) is 33.7 Å². The number of carbonyl (C=O) groups excluding carboxylic acids is 1. The standard InChI is InChI=1S/C25H18N4O4/c26-13-18-23(20-7-3-11-31-20)24(21-8-4-12-32-21)33-25(18)28-14-16-15-29(10-9-22(27)30)19-6-2-1-5-17(16)19/h1-8,11-12,14-15H,9-10H2,(H2,27,30). The Balaban J connectivity index is 1.60. The summed E-state index contributed by atoms with van der Waals surface area (Å²) >= 11 is 0. The van der Waals surface area contributed by atoms with Crippen molar-refractivity contribution in [1.29, 1.82) is 5.26 Å². The van der Waals surface area contributed by atoms with Crippen LogP contribution in [-0.4, -0.2) is 16.7 Å². The van der Waals surface area contributed by atoms with E-state index in [-0.39, 0.29) is 23.8 Å². The lowest BCUT2D eigenvalue weighted by Gasteiger charge is -2.02. The van der Waals surface area contributed by atoms with E-state index in [4.69, 9.17) is 19.0 Å². The van der Waals surface area contributed by atoms with Crippen molar-refractivity contribution in [2.45, 2.75) is 13.0 Å². The zero-order valence-electron chi connectivity index (χ0n) is 17.4. The van der Waals surface area contributed by atoms with Gasteiger partial charge in [-0.1, -0.05) is 18.2 Å². The monoisotopic (exact) mass is 438 g/mol. The van der Waals surface area contributed by atoms with Crippen molar-refractivity contribution >= 4 is 28.9 Å². The van der Waals surface area contributed by atoms with Gasteiger partial charge in [0.2, 0.25) is 11.8 Å². The van der Waals surface area contributed by atoms with Crippen molar-refractivity contribution in [3.05, 3.63) is 78.4 Å². The Morgan fingerprint density at radius 3 is 2.55 bits per heavy atom. The average Bonchev–Trinajstić information content (AvgIpc) is 3.61. The van der Waals surface area contributed by atoms with Crippen LogP contribution in [0, 0.1) is 11.3 Å². The fourth-order valence-corrected chi connectivity index (χ4v) is 3.77. The molecular weight excluding hydrogens is 420 g/mol. The molecule has 5 rings (SSSR count). The Morgan fingerprint density at radius 1 is 1.09 bits per heavy atom. The van der Waals surface area contributed by atoms with Gasteiger partial charge in [0.25, 0.3) is 0 Å². The minimum absolute atomic E-state index is 0.143. The molecule has 1 amide bonds. The first-order valence-corrected chi connectivity index (χ1v) is 10.2. The lowest BCUT2D eigenvalue weighted by atomic mass is 10.1. The van der Waals surface area contributed by atoms with Gasteiger partial charge in [0.1, 0.15) is 17.4 Å². The van der Waals surface area contributed by atoms with Crippen LogP contribution in [0.4, 0.5) is 5.88 Å². The summed E-state index contributed by atoms with van der Waals surface area (Å²) in [7, 11) is 0. The Bertz CT molecular complexity index is 1500. The summed E-state index contributed by atoms with van der Waals surface area (Å²) in [5.41, 5.74) is 7.80. The van der Waals surface area contributed by atoms with Crippen LogP contribution >= 0.6 is 0 Å². The van der Waals surface area contributed by atoms with Crippen molar-refractivity contribution in [2.24, 2.45) is 10.7 Å². The molecule has 0 atom stereocenters. The highest BCUT2D eigenvalue weighted by Gasteiger charge is 2.26. The summed E-state index contributed by atoms with van der Waals surface area (Å²) in [6.45, 7) is 0.458. The number of primary amides is 1. The Morgan fingerprint density at radius 2 is 1.85 bits per heavy atom. The van der Waals surface area contributed by atoms with Gasteiger partial charge in [-0.05, 0) is 30.3 Å². The van der Waals surface area contributed by atoms with Gasteiger partial charge in [-0.15, -0.1) is 0 Å². The molecule has 0 aliphatic rings. The lowest BCUT2D eigenvalue weighted by Crippen LogP contribution is -2.13. The maximum Gasteiger partial charge on any atom is 0.238 e. The number of nitrogens with two attached hydrogens (primary N) is 1. The number of fused-ring (bicyclic) bond motifs is 1. The van der Waals surface area contributed by atoms with Crippen molar-refractivity contribution in [3.8, 4) is 28.9 Å². The second kappa shape index (κ2) is 8.40. The first kappa shape index (κ1) is 20.2. The number of benzene rings is 1. The fraction of sp³-hybridized carbons (Fsp3) is 0.0800. The van der Waals surface area contributed by atoms with Gasteiger partial charge >= 0.3 is 0 Å². The van der Waals surface area contributed by atoms with E-state index in [1.165, 1.54) is 12.5 Å². The first-order valence-electron chi connectivity index (χ1n) is 10.2. The van der Waals surface area contributed by atoms with E-state index in [9.17, 15) is 10.1 Å². The summed E-state index contributed by atoms with van der Waals surface area (Å²) in [6.07, 6.45) is 6.82. The van der Waals surface area contributed by atoms with Crippen molar-refractivity contribution < 1.29 is 18.0 Å². The predicted molar refractivity (Wildman–Crippen MR) is 122 cm³/mol.